The molecular weight excluding hydrogens is 530 g/mol. The predicted molar refractivity (Wildman–Crippen MR) is 189 cm³/mol. The van der Waals surface area contributed by atoms with E-state index >= 15 is 0 Å². The lowest BCUT2D eigenvalue weighted by Crippen LogP contribution is -1.95. The number of hydrogen-bond donors (Lipinski definition) is 1. The summed E-state index contributed by atoms with van der Waals surface area (Å²) in [6.45, 7) is 0. The molecule has 0 radical (unpaired) electrons. The molecule has 7 rings (SSSR count). The maximum Gasteiger partial charge on any atom is 0.00179 e. The molecule has 210 valence electrons. The predicted octanol–water partition coefficient (Wildman–Crippen LogP) is 11.1. The van der Waals surface area contributed by atoms with E-state index in [1.54, 1.807) is 6.20 Å². The Morgan fingerprint density at radius 2 is 0.841 bits per heavy atom. The van der Waals surface area contributed by atoms with E-state index in [1.807, 2.05) is 0 Å². The summed E-state index contributed by atoms with van der Waals surface area (Å²) >= 11 is 0. The number of hydrogen-bond acceptors (Lipinski definition) is 1. The van der Waals surface area contributed by atoms with E-state index in [0.29, 0.717) is 0 Å². The van der Waals surface area contributed by atoms with E-state index in [4.69, 9.17) is 5.73 Å². The second-order valence-electron chi connectivity index (χ2n) is 11.1. The van der Waals surface area contributed by atoms with E-state index in [1.165, 1.54) is 66.1 Å². The van der Waals surface area contributed by atoms with Crippen molar-refractivity contribution in [2.75, 3.05) is 0 Å². The molecule has 0 aliphatic carbocycles. The van der Waals surface area contributed by atoms with Gasteiger partial charge in [0.2, 0.25) is 0 Å². The highest BCUT2D eigenvalue weighted by molar-refractivity contribution is 6.19. The Balaban J connectivity index is 1.29. The van der Waals surface area contributed by atoms with Crippen molar-refractivity contribution in [2.24, 2.45) is 5.73 Å². The monoisotopic (exact) mass is 563 g/mol. The van der Waals surface area contributed by atoms with Crippen LogP contribution < -0.4 is 5.73 Å². The number of nitrogens with two attached hydrogens (primary N) is 1. The zero-order valence-electron chi connectivity index (χ0n) is 24.5. The van der Waals surface area contributed by atoms with Gasteiger partial charge < -0.3 is 5.73 Å². The van der Waals surface area contributed by atoms with Gasteiger partial charge in [0.15, 0.2) is 0 Å². The van der Waals surface area contributed by atoms with Crippen LogP contribution in [0.2, 0.25) is 0 Å². The van der Waals surface area contributed by atoms with E-state index in [2.05, 4.69) is 170 Å². The van der Waals surface area contributed by atoms with Crippen molar-refractivity contribution in [1.29, 1.82) is 0 Å². The van der Waals surface area contributed by atoms with Gasteiger partial charge in [0.05, 0.1) is 0 Å². The maximum absolute atomic E-state index is 6.32. The molecule has 0 aliphatic heterocycles. The van der Waals surface area contributed by atoms with Crippen LogP contribution in [-0.4, -0.2) is 0 Å². The first-order valence-corrected chi connectivity index (χ1v) is 15.1. The van der Waals surface area contributed by atoms with Crippen molar-refractivity contribution >= 4 is 27.1 Å². The summed E-state index contributed by atoms with van der Waals surface area (Å²) < 4.78 is 0. The summed E-state index contributed by atoms with van der Waals surface area (Å²) in [5.74, 6) is 0. The molecule has 0 aromatic heterocycles. The van der Waals surface area contributed by atoms with Crippen LogP contribution in [-0.2, 0) is 6.42 Å². The normalized spacial score (nSPS) is 11.9. The first-order valence-electron chi connectivity index (χ1n) is 15.1. The lowest BCUT2D eigenvalue weighted by molar-refractivity contribution is 1.27. The molecule has 2 N–H and O–H groups in total. The summed E-state index contributed by atoms with van der Waals surface area (Å²) in [4.78, 5) is 0. The molecule has 7 aromatic rings. The third-order valence-electron chi connectivity index (χ3n) is 8.39. The van der Waals surface area contributed by atoms with Gasteiger partial charge >= 0.3 is 0 Å². The van der Waals surface area contributed by atoms with Gasteiger partial charge in [0.1, 0.15) is 0 Å². The number of fused-ring (bicyclic) bond motifs is 2. The van der Waals surface area contributed by atoms with Gasteiger partial charge in [0, 0.05) is 6.20 Å². The zero-order valence-corrected chi connectivity index (χ0v) is 24.5. The third kappa shape index (κ3) is 5.32. The summed E-state index contributed by atoms with van der Waals surface area (Å²) in [5.41, 5.74) is 17.1. The minimum Gasteiger partial charge on any atom is -0.404 e. The fourth-order valence-electron chi connectivity index (χ4n) is 6.22. The Labute approximate surface area is 259 Å². The van der Waals surface area contributed by atoms with Gasteiger partial charge in [-0.1, -0.05) is 170 Å². The molecule has 0 saturated heterocycles. The molecule has 0 aliphatic rings. The molecule has 0 spiro atoms. The highest BCUT2D eigenvalue weighted by Crippen LogP contribution is 2.42. The number of rotatable bonds is 7. The molecule has 0 unspecified atom stereocenters. The molecule has 7 aromatic carbocycles. The second kappa shape index (κ2) is 12.3. The molecule has 0 atom stereocenters. The van der Waals surface area contributed by atoms with Gasteiger partial charge in [0.25, 0.3) is 0 Å². The van der Waals surface area contributed by atoms with E-state index in [-0.39, 0.29) is 0 Å². The van der Waals surface area contributed by atoms with Crippen molar-refractivity contribution in [3.63, 3.8) is 0 Å². The quantitative estimate of drug-likeness (QED) is 0.151. The lowest BCUT2D eigenvalue weighted by Gasteiger charge is -2.18. The van der Waals surface area contributed by atoms with Gasteiger partial charge in [-0.15, -0.1) is 0 Å². The fraction of sp³-hybridized carbons (Fsp3) is 0.0233. The molecule has 0 bridgehead atoms. The van der Waals surface area contributed by atoms with Crippen molar-refractivity contribution in [3.05, 3.63) is 187 Å². The largest absolute Gasteiger partial charge is 0.404 e. The third-order valence-corrected chi connectivity index (χ3v) is 8.39. The van der Waals surface area contributed by atoms with Crippen molar-refractivity contribution in [3.8, 4) is 33.4 Å². The maximum atomic E-state index is 6.32. The Morgan fingerprint density at radius 1 is 0.432 bits per heavy atom. The number of allylic oxidation sites excluding steroid dienone is 3. The first-order chi connectivity index (χ1) is 21.8. The van der Waals surface area contributed by atoms with E-state index in [0.717, 1.165) is 12.0 Å². The molecule has 0 heterocycles. The van der Waals surface area contributed by atoms with Crippen molar-refractivity contribution in [1.82, 2.24) is 0 Å². The van der Waals surface area contributed by atoms with Crippen LogP contribution in [0.25, 0.3) is 60.5 Å². The van der Waals surface area contributed by atoms with E-state index < -0.39 is 0 Å². The van der Waals surface area contributed by atoms with Crippen LogP contribution in [0, 0.1) is 0 Å². The molecule has 0 saturated carbocycles. The molecular formula is C43H33N. The first kappa shape index (κ1) is 27.2. The Kier molecular flexibility index (Phi) is 7.60. The van der Waals surface area contributed by atoms with Crippen LogP contribution in [0.1, 0.15) is 11.1 Å². The molecule has 1 heteroatoms. The van der Waals surface area contributed by atoms with Crippen molar-refractivity contribution in [2.45, 2.75) is 6.42 Å². The summed E-state index contributed by atoms with van der Waals surface area (Å²) in [6.07, 6.45) is 6.97. The molecule has 0 amide bonds. The average molecular weight is 564 g/mol. The van der Waals surface area contributed by atoms with Crippen LogP contribution >= 0.6 is 0 Å². The highest BCUT2D eigenvalue weighted by atomic mass is 14.5. The summed E-state index contributed by atoms with van der Waals surface area (Å²) in [5, 5.41) is 4.83. The fourth-order valence-corrected chi connectivity index (χ4v) is 6.22. The topological polar surface area (TPSA) is 26.0 Å². The molecule has 1 nitrogen and oxygen atoms in total. The van der Waals surface area contributed by atoms with Gasteiger partial charge in [-0.2, -0.15) is 0 Å². The van der Waals surface area contributed by atoms with Gasteiger partial charge in [-0.3, -0.25) is 0 Å². The standard InChI is InChI=1S/C43H33N/c44-30-37(17-11-14-31-12-3-1-4-13-31)43-40-20-9-7-18-38(40)42(39-19-8-10-21-41(39)43)36-28-26-35(27-29-36)34-24-22-33(23-25-34)32-15-5-2-6-16-32/h1-13,15-30H,14,44H2/b17-11-,37-30+. The van der Waals surface area contributed by atoms with Gasteiger partial charge in [-0.05, 0) is 78.0 Å². The Hall–Kier alpha value is -5.66. The van der Waals surface area contributed by atoms with Crippen LogP contribution in [0.15, 0.2) is 176 Å². The lowest BCUT2D eigenvalue weighted by atomic mass is 9.85. The second-order valence-corrected chi connectivity index (χ2v) is 11.1. The Bertz CT molecular complexity index is 2040. The Morgan fingerprint density at radius 3 is 1.34 bits per heavy atom. The van der Waals surface area contributed by atoms with Crippen LogP contribution in [0.4, 0.5) is 0 Å². The van der Waals surface area contributed by atoms with Crippen molar-refractivity contribution < 1.29 is 0 Å². The smallest absolute Gasteiger partial charge is 0.00179 e. The van der Waals surface area contributed by atoms with Crippen LogP contribution in [0.5, 0.6) is 0 Å². The SMILES string of the molecule is N/C=C(\C=C/Cc1ccccc1)c1c2ccccc2c(-c2ccc(-c3ccc(-c4ccccc4)cc3)cc2)c2ccccc12. The minimum atomic E-state index is 0.855. The summed E-state index contributed by atoms with van der Waals surface area (Å²) in [6, 6.07) is 56.3. The highest BCUT2D eigenvalue weighted by Gasteiger charge is 2.16. The minimum absolute atomic E-state index is 0.855. The molecule has 0 fully saturated rings. The average Bonchev–Trinajstić information content (AvgIpc) is 3.10. The van der Waals surface area contributed by atoms with E-state index in [9.17, 15) is 0 Å². The van der Waals surface area contributed by atoms with Gasteiger partial charge in [-0.25, -0.2) is 0 Å². The molecule has 44 heavy (non-hydrogen) atoms. The number of benzene rings is 7. The van der Waals surface area contributed by atoms with Crippen LogP contribution in [0.3, 0.4) is 0 Å². The summed E-state index contributed by atoms with van der Waals surface area (Å²) in [7, 11) is 0. The zero-order chi connectivity index (χ0) is 29.7.